The van der Waals surface area contributed by atoms with E-state index in [4.69, 9.17) is 9.15 Å². The third kappa shape index (κ3) is 2.82. The normalized spacial score (nSPS) is 10.7. The summed E-state index contributed by atoms with van der Waals surface area (Å²) in [6.07, 6.45) is 2.40. The van der Waals surface area contributed by atoms with Gasteiger partial charge in [0.1, 0.15) is 5.58 Å². The average Bonchev–Trinajstić information content (AvgIpc) is 2.97. The standard InChI is InChI=1S/C18H16O3/c1-2-20-18(19)15-11-14(10-13-6-4-3-5-7-13)16-8-9-21-17(16)12-15/h3-9,11-12H,2,10H2,1H3. The number of esters is 1. The Morgan fingerprint density at radius 1 is 1.14 bits per heavy atom. The third-order valence-corrected chi connectivity index (χ3v) is 3.41. The van der Waals surface area contributed by atoms with E-state index in [-0.39, 0.29) is 5.97 Å². The highest BCUT2D eigenvalue weighted by molar-refractivity contribution is 5.95. The van der Waals surface area contributed by atoms with Gasteiger partial charge in [-0.25, -0.2) is 4.79 Å². The number of benzene rings is 2. The van der Waals surface area contributed by atoms with Crippen molar-refractivity contribution in [3.8, 4) is 0 Å². The van der Waals surface area contributed by atoms with Crippen molar-refractivity contribution in [2.75, 3.05) is 6.61 Å². The van der Waals surface area contributed by atoms with Gasteiger partial charge in [0.05, 0.1) is 18.4 Å². The molecular weight excluding hydrogens is 264 g/mol. The second kappa shape index (κ2) is 5.83. The summed E-state index contributed by atoms with van der Waals surface area (Å²) in [6.45, 7) is 2.16. The Labute approximate surface area is 123 Å². The van der Waals surface area contributed by atoms with Crippen LogP contribution in [0.2, 0.25) is 0 Å². The van der Waals surface area contributed by atoms with Crippen LogP contribution in [-0.2, 0) is 11.2 Å². The maximum Gasteiger partial charge on any atom is 0.338 e. The van der Waals surface area contributed by atoms with Crippen LogP contribution in [0.4, 0.5) is 0 Å². The van der Waals surface area contributed by atoms with Crippen molar-refractivity contribution in [1.29, 1.82) is 0 Å². The number of carbonyl (C=O) groups is 1. The first kappa shape index (κ1) is 13.4. The van der Waals surface area contributed by atoms with E-state index >= 15 is 0 Å². The van der Waals surface area contributed by atoms with Gasteiger partial charge < -0.3 is 9.15 Å². The van der Waals surface area contributed by atoms with Gasteiger partial charge in [-0.3, -0.25) is 0 Å². The molecule has 0 unspecified atom stereocenters. The summed E-state index contributed by atoms with van der Waals surface area (Å²) in [6, 6.07) is 15.7. The summed E-state index contributed by atoms with van der Waals surface area (Å²) >= 11 is 0. The Bertz CT molecular complexity index is 756. The number of furan rings is 1. The van der Waals surface area contributed by atoms with Crippen molar-refractivity contribution in [2.45, 2.75) is 13.3 Å². The highest BCUT2D eigenvalue weighted by Crippen LogP contribution is 2.25. The highest BCUT2D eigenvalue weighted by Gasteiger charge is 2.13. The number of hydrogen-bond donors (Lipinski definition) is 0. The average molecular weight is 280 g/mol. The number of fused-ring (bicyclic) bond motifs is 1. The molecule has 0 amide bonds. The van der Waals surface area contributed by atoms with E-state index in [1.54, 1.807) is 19.3 Å². The number of rotatable bonds is 4. The minimum atomic E-state index is -0.315. The summed E-state index contributed by atoms with van der Waals surface area (Å²) < 4.78 is 10.5. The second-order valence-corrected chi connectivity index (χ2v) is 4.85. The molecule has 1 heterocycles. The molecule has 0 spiro atoms. The van der Waals surface area contributed by atoms with Crippen LogP contribution < -0.4 is 0 Å². The zero-order valence-corrected chi connectivity index (χ0v) is 11.8. The number of hydrogen-bond acceptors (Lipinski definition) is 3. The lowest BCUT2D eigenvalue weighted by atomic mass is 9.99. The Morgan fingerprint density at radius 3 is 2.71 bits per heavy atom. The SMILES string of the molecule is CCOC(=O)c1cc(Cc2ccccc2)c2ccoc2c1. The summed E-state index contributed by atoms with van der Waals surface area (Å²) in [5.41, 5.74) is 3.51. The lowest BCUT2D eigenvalue weighted by molar-refractivity contribution is 0.0526. The van der Waals surface area contributed by atoms with E-state index in [0.29, 0.717) is 17.8 Å². The summed E-state index contributed by atoms with van der Waals surface area (Å²) in [7, 11) is 0. The molecule has 0 fully saturated rings. The molecule has 3 aromatic rings. The van der Waals surface area contributed by atoms with Gasteiger partial charge in [0.2, 0.25) is 0 Å². The first-order valence-electron chi connectivity index (χ1n) is 6.99. The largest absolute Gasteiger partial charge is 0.464 e. The van der Waals surface area contributed by atoms with Crippen LogP contribution in [0.5, 0.6) is 0 Å². The maximum atomic E-state index is 12.0. The molecule has 21 heavy (non-hydrogen) atoms. The first-order valence-corrected chi connectivity index (χ1v) is 6.99. The van der Waals surface area contributed by atoms with Crippen LogP contribution in [0.15, 0.2) is 59.2 Å². The smallest absolute Gasteiger partial charge is 0.338 e. The Hall–Kier alpha value is -2.55. The van der Waals surface area contributed by atoms with Crippen LogP contribution >= 0.6 is 0 Å². The Balaban J connectivity index is 2.03. The van der Waals surface area contributed by atoms with Gasteiger partial charge in [0.15, 0.2) is 0 Å². The monoisotopic (exact) mass is 280 g/mol. The Kier molecular flexibility index (Phi) is 3.73. The van der Waals surface area contributed by atoms with E-state index in [0.717, 1.165) is 17.4 Å². The van der Waals surface area contributed by atoms with Crippen molar-refractivity contribution >= 4 is 16.9 Å². The van der Waals surface area contributed by atoms with Gasteiger partial charge in [0.25, 0.3) is 0 Å². The van der Waals surface area contributed by atoms with Crippen LogP contribution in [-0.4, -0.2) is 12.6 Å². The summed E-state index contributed by atoms with van der Waals surface area (Å²) in [5, 5.41) is 1.03. The summed E-state index contributed by atoms with van der Waals surface area (Å²) in [4.78, 5) is 12.0. The quantitative estimate of drug-likeness (QED) is 0.672. The van der Waals surface area contributed by atoms with Gasteiger partial charge in [-0.2, -0.15) is 0 Å². The molecule has 3 heteroatoms. The second-order valence-electron chi connectivity index (χ2n) is 4.85. The fourth-order valence-electron chi connectivity index (χ4n) is 2.44. The van der Waals surface area contributed by atoms with Gasteiger partial charge >= 0.3 is 5.97 Å². The molecular formula is C18H16O3. The molecule has 106 valence electrons. The third-order valence-electron chi connectivity index (χ3n) is 3.41. The molecule has 0 aliphatic rings. The molecule has 0 N–H and O–H groups in total. The minimum absolute atomic E-state index is 0.315. The molecule has 0 saturated carbocycles. The Morgan fingerprint density at radius 2 is 1.95 bits per heavy atom. The van der Waals surface area contributed by atoms with Gasteiger partial charge in [0, 0.05) is 5.39 Å². The van der Waals surface area contributed by atoms with Crippen molar-refractivity contribution < 1.29 is 13.9 Å². The van der Waals surface area contributed by atoms with E-state index in [1.165, 1.54) is 5.56 Å². The van der Waals surface area contributed by atoms with Crippen LogP contribution in [0.3, 0.4) is 0 Å². The molecule has 0 saturated heterocycles. The van der Waals surface area contributed by atoms with Crippen molar-refractivity contribution in [2.24, 2.45) is 0 Å². The van der Waals surface area contributed by atoms with Crippen molar-refractivity contribution in [1.82, 2.24) is 0 Å². The van der Waals surface area contributed by atoms with Crippen molar-refractivity contribution in [3.05, 3.63) is 71.5 Å². The number of carbonyl (C=O) groups excluding carboxylic acids is 1. The van der Waals surface area contributed by atoms with Crippen LogP contribution in [0.25, 0.3) is 11.0 Å². The van der Waals surface area contributed by atoms with E-state index in [2.05, 4.69) is 12.1 Å². The highest BCUT2D eigenvalue weighted by atomic mass is 16.5. The molecule has 3 nitrogen and oxygen atoms in total. The lowest BCUT2D eigenvalue weighted by Crippen LogP contribution is -2.05. The van der Waals surface area contributed by atoms with Gasteiger partial charge in [-0.1, -0.05) is 30.3 Å². The fraction of sp³-hybridized carbons (Fsp3) is 0.167. The maximum absolute atomic E-state index is 12.0. The van der Waals surface area contributed by atoms with E-state index < -0.39 is 0 Å². The van der Waals surface area contributed by atoms with E-state index in [1.807, 2.05) is 30.3 Å². The molecule has 0 atom stereocenters. The zero-order chi connectivity index (χ0) is 14.7. The van der Waals surface area contributed by atoms with Crippen molar-refractivity contribution in [3.63, 3.8) is 0 Å². The predicted molar refractivity (Wildman–Crippen MR) is 81.4 cm³/mol. The molecule has 0 aliphatic heterocycles. The van der Waals surface area contributed by atoms with Crippen LogP contribution in [0.1, 0.15) is 28.4 Å². The van der Waals surface area contributed by atoms with E-state index in [9.17, 15) is 4.79 Å². The molecule has 0 bridgehead atoms. The molecule has 0 radical (unpaired) electrons. The topological polar surface area (TPSA) is 39.4 Å². The fourth-order valence-corrected chi connectivity index (χ4v) is 2.44. The zero-order valence-electron chi connectivity index (χ0n) is 11.8. The minimum Gasteiger partial charge on any atom is -0.464 e. The molecule has 0 aliphatic carbocycles. The predicted octanol–water partition coefficient (Wildman–Crippen LogP) is 4.20. The first-order chi connectivity index (χ1) is 10.3. The van der Waals surface area contributed by atoms with Gasteiger partial charge in [-0.15, -0.1) is 0 Å². The molecule has 1 aromatic heterocycles. The van der Waals surface area contributed by atoms with Crippen LogP contribution in [0, 0.1) is 0 Å². The lowest BCUT2D eigenvalue weighted by Gasteiger charge is -2.07. The van der Waals surface area contributed by atoms with Gasteiger partial charge in [-0.05, 0) is 42.7 Å². The molecule has 2 aromatic carbocycles. The summed E-state index contributed by atoms with van der Waals surface area (Å²) in [5.74, 6) is -0.315. The number of ether oxygens (including phenoxy) is 1. The molecule has 3 rings (SSSR count).